The molecule has 1 aliphatic rings. The summed E-state index contributed by atoms with van der Waals surface area (Å²) in [5, 5.41) is 3.78. The van der Waals surface area contributed by atoms with Crippen molar-refractivity contribution in [3.8, 4) is 11.4 Å². The highest BCUT2D eigenvalue weighted by Gasteiger charge is 2.30. The lowest BCUT2D eigenvalue weighted by molar-refractivity contribution is -0.141. The van der Waals surface area contributed by atoms with Crippen LogP contribution in [0, 0.1) is 0 Å². The number of nitrogens with zero attached hydrogens (tertiary/aromatic N) is 3. The quantitative estimate of drug-likeness (QED) is 0.643. The van der Waals surface area contributed by atoms with E-state index < -0.39 is 17.8 Å². The van der Waals surface area contributed by atoms with E-state index in [0.29, 0.717) is 12.3 Å². The number of ether oxygens (including phenoxy) is 3. The van der Waals surface area contributed by atoms with Crippen molar-refractivity contribution in [3.05, 3.63) is 42.2 Å². The molecule has 9 nitrogen and oxygen atoms in total. The third-order valence-electron chi connectivity index (χ3n) is 4.32. The topological polar surface area (TPSA) is 100.0 Å². The molecule has 10 heteroatoms. The Hall–Kier alpha value is -3.01. The van der Waals surface area contributed by atoms with Gasteiger partial charge in [-0.15, -0.1) is 11.8 Å². The zero-order valence-electron chi connectivity index (χ0n) is 16.1. The number of esters is 2. The third kappa shape index (κ3) is 4.89. The average Bonchev–Trinajstić information content (AvgIpc) is 3.22. The number of thioether (sulfide) groups is 1. The van der Waals surface area contributed by atoms with Gasteiger partial charge in [-0.05, 0) is 12.1 Å². The van der Waals surface area contributed by atoms with Gasteiger partial charge in [-0.25, -0.2) is 9.48 Å². The van der Waals surface area contributed by atoms with Crippen LogP contribution in [0.2, 0.25) is 0 Å². The maximum atomic E-state index is 12.4. The summed E-state index contributed by atoms with van der Waals surface area (Å²) in [5.74, 6) is -0.670. The van der Waals surface area contributed by atoms with Crippen molar-refractivity contribution in [2.24, 2.45) is 0 Å². The number of para-hydroxylation sites is 1. The van der Waals surface area contributed by atoms with Gasteiger partial charge in [0.05, 0.1) is 26.1 Å². The molecule has 0 radical (unpaired) electrons. The van der Waals surface area contributed by atoms with E-state index in [4.69, 9.17) is 14.2 Å². The molecule has 0 aliphatic carbocycles. The highest BCUT2D eigenvalue weighted by atomic mass is 32.2. The molecule has 1 aromatic carbocycles. The standard InChI is InChI=1S/C19H21N3O6S/c1-26-14-10-22(13-6-4-3-5-7-13)20-17(14)19(25)28-12-16(23)21-8-9-29-15(11-21)18(24)27-2/h3-7,10,15H,8-9,11-12H2,1-2H3/t15-/m1/s1. The van der Waals surface area contributed by atoms with Gasteiger partial charge < -0.3 is 19.1 Å². The fourth-order valence-electron chi connectivity index (χ4n) is 2.80. The molecular formula is C19H21N3O6S. The van der Waals surface area contributed by atoms with E-state index >= 15 is 0 Å². The van der Waals surface area contributed by atoms with Crippen LogP contribution < -0.4 is 4.74 Å². The summed E-state index contributed by atoms with van der Waals surface area (Å²) in [6.07, 6.45) is 1.57. The van der Waals surface area contributed by atoms with Crippen LogP contribution in [0.3, 0.4) is 0 Å². The minimum absolute atomic E-state index is 0.0224. The Morgan fingerprint density at radius 3 is 2.66 bits per heavy atom. The first-order chi connectivity index (χ1) is 14.0. The highest BCUT2D eigenvalue weighted by molar-refractivity contribution is 8.00. The second-order valence-corrected chi connectivity index (χ2v) is 7.44. The zero-order valence-corrected chi connectivity index (χ0v) is 16.9. The number of carbonyl (C=O) groups excluding carboxylic acids is 3. The molecule has 1 fully saturated rings. The summed E-state index contributed by atoms with van der Waals surface area (Å²) in [6, 6.07) is 9.22. The van der Waals surface area contributed by atoms with E-state index in [1.807, 2.05) is 30.3 Å². The largest absolute Gasteiger partial charge is 0.493 e. The number of benzene rings is 1. The third-order valence-corrected chi connectivity index (χ3v) is 5.49. The van der Waals surface area contributed by atoms with Gasteiger partial charge in [-0.3, -0.25) is 9.59 Å². The van der Waals surface area contributed by atoms with Gasteiger partial charge in [-0.2, -0.15) is 5.10 Å². The predicted octanol–water partition coefficient (Wildman–Crippen LogP) is 1.15. The first kappa shape index (κ1) is 20.7. The second-order valence-electron chi connectivity index (χ2n) is 6.12. The maximum absolute atomic E-state index is 12.4. The fourth-order valence-corrected chi connectivity index (χ4v) is 3.93. The average molecular weight is 419 g/mol. The molecule has 0 spiro atoms. The summed E-state index contributed by atoms with van der Waals surface area (Å²) < 4.78 is 16.6. The van der Waals surface area contributed by atoms with Crippen molar-refractivity contribution < 1.29 is 28.6 Å². The van der Waals surface area contributed by atoms with Crippen LogP contribution in [0.4, 0.5) is 0 Å². The summed E-state index contributed by atoms with van der Waals surface area (Å²) in [4.78, 5) is 38.0. The highest BCUT2D eigenvalue weighted by Crippen LogP contribution is 2.22. The van der Waals surface area contributed by atoms with Crippen LogP contribution in [-0.2, 0) is 19.1 Å². The van der Waals surface area contributed by atoms with Crippen molar-refractivity contribution in [1.82, 2.24) is 14.7 Å². The number of amides is 1. The van der Waals surface area contributed by atoms with E-state index in [9.17, 15) is 14.4 Å². The Bertz CT molecular complexity index is 885. The van der Waals surface area contributed by atoms with Crippen LogP contribution in [0.5, 0.6) is 5.75 Å². The summed E-state index contributed by atoms with van der Waals surface area (Å²) in [5.41, 5.74) is 0.728. The maximum Gasteiger partial charge on any atom is 0.363 e. The molecule has 0 bridgehead atoms. The Balaban J connectivity index is 1.62. The molecule has 1 aromatic heterocycles. The van der Waals surface area contributed by atoms with Crippen molar-refractivity contribution in [3.63, 3.8) is 0 Å². The van der Waals surface area contributed by atoms with E-state index in [1.54, 1.807) is 6.20 Å². The molecular weight excluding hydrogens is 398 g/mol. The molecule has 1 atom stereocenters. The van der Waals surface area contributed by atoms with Gasteiger partial charge >= 0.3 is 11.9 Å². The molecule has 0 saturated carbocycles. The molecule has 3 rings (SSSR count). The monoisotopic (exact) mass is 419 g/mol. The van der Waals surface area contributed by atoms with Crippen LogP contribution in [-0.4, -0.2) is 77.4 Å². The van der Waals surface area contributed by atoms with Crippen LogP contribution in [0.15, 0.2) is 36.5 Å². The van der Waals surface area contributed by atoms with E-state index in [-0.39, 0.29) is 29.9 Å². The lowest BCUT2D eigenvalue weighted by Gasteiger charge is -2.30. The molecule has 1 amide bonds. The molecule has 0 unspecified atom stereocenters. The molecule has 1 aliphatic heterocycles. The van der Waals surface area contributed by atoms with Gasteiger partial charge in [0.15, 0.2) is 12.4 Å². The number of methoxy groups -OCH3 is 2. The van der Waals surface area contributed by atoms with Crippen molar-refractivity contribution in [2.45, 2.75) is 5.25 Å². The lowest BCUT2D eigenvalue weighted by atomic mass is 10.3. The molecule has 2 aromatic rings. The Labute approximate surface area is 171 Å². The minimum atomic E-state index is -0.763. The SMILES string of the molecule is COC(=O)[C@H]1CN(C(=O)COC(=O)c2nn(-c3ccccc3)cc2OC)CCS1. The smallest absolute Gasteiger partial charge is 0.363 e. The Kier molecular flexibility index (Phi) is 6.76. The number of hydrogen-bond donors (Lipinski definition) is 0. The summed E-state index contributed by atoms with van der Waals surface area (Å²) in [6.45, 7) is 0.249. The van der Waals surface area contributed by atoms with Gasteiger partial charge in [0, 0.05) is 18.8 Å². The van der Waals surface area contributed by atoms with Gasteiger partial charge in [0.25, 0.3) is 5.91 Å². The van der Waals surface area contributed by atoms with Crippen molar-refractivity contribution in [1.29, 1.82) is 0 Å². The summed E-state index contributed by atoms with van der Waals surface area (Å²) >= 11 is 1.44. The van der Waals surface area contributed by atoms with E-state index in [0.717, 1.165) is 5.69 Å². The van der Waals surface area contributed by atoms with Gasteiger partial charge in [-0.1, -0.05) is 18.2 Å². The first-order valence-corrected chi connectivity index (χ1v) is 9.91. The summed E-state index contributed by atoms with van der Waals surface area (Å²) in [7, 11) is 2.74. The van der Waals surface area contributed by atoms with E-state index in [1.165, 1.54) is 35.6 Å². The Morgan fingerprint density at radius 1 is 1.21 bits per heavy atom. The van der Waals surface area contributed by atoms with Crippen molar-refractivity contribution in [2.75, 3.05) is 39.7 Å². The lowest BCUT2D eigenvalue weighted by Crippen LogP contribution is -2.46. The number of carbonyl (C=O) groups is 3. The number of hydrogen-bond acceptors (Lipinski definition) is 8. The molecule has 1 saturated heterocycles. The molecule has 2 heterocycles. The number of aromatic nitrogens is 2. The van der Waals surface area contributed by atoms with Crippen LogP contribution in [0.25, 0.3) is 5.69 Å². The molecule has 29 heavy (non-hydrogen) atoms. The van der Waals surface area contributed by atoms with Crippen molar-refractivity contribution >= 4 is 29.6 Å². The normalized spacial score (nSPS) is 16.2. The zero-order chi connectivity index (χ0) is 20.8. The number of rotatable bonds is 6. The van der Waals surface area contributed by atoms with E-state index in [2.05, 4.69) is 5.10 Å². The van der Waals surface area contributed by atoms with Crippen LogP contribution >= 0.6 is 11.8 Å². The van der Waals surface area contributed by atoms with Gasteiger partial charge in [0.1, 0.15) is 5.25 Å². The predicted molar refractivity (Wildman–Crippen MR) is 105 cm³/mol. The second kappa shape index (κ2) is 9.46. The van der Waals surface area contributed by atoms with Gasteiger partial charge in [0.2, 0.25) is 5.69 Å². The fraction of sp³-hybridized carbons (Fsp3) is 0.368. The molecule has 0 N–H and O–H groups in total. The first-order valence-electron chi connectivity index (χ1n) is 8.87. The molecule has 154 valence electrons. The van der Waals surface area contributed by atoms with Crippen LogP contribution in [0.1, 0.15) is 10.5 Å². The Morgan fingerprint density at radius 2 is 1.97 bits per heavy atom. The minimum Gasteiger partial charge on any atom is -0.493 e.